The van der Waals surface area contributed by atoms with Crippen molar-refractivity contribution in [1.29, 1.82) is 0 Å². The van der Waals surface area contributed by atoms with E-state index in [0.717, 1.165) is 18.2 Å². The third-order valence-corrected chi connectivity index (χ3v) is 4.46. The largest absolute Gasteiger partial charge is 0.462 e. The molecule has 1 amide bonds. The summed E-state index contributed by atoms with van der Waals surface area (Å²) in [5, 5.41) is 4.26. The number of likely N-dealkylation sites (tertiary alicyclic amines) is 1. The second kappa shape index (κ2) is 7.91. The lowest BCUT2D eigenvalue weighted by molar-refractivity contribution is -0.131. The van der Waals surface area contributed by atoms with Gasteiger partial charge in [0.15, 0.2) is 0 Å². The molecule has 1 atom stereocenters. The van der Waals surface area contributed by atoms with Gasteiger partial charge >= 0.3 is 5.97 Å². The van der Waals surface area contributed by atoms with E-state index < -0.39 is 5.97 Å². The summed E-state index contributed by atoms with van der Waals surface area (Å²) in [7, 11) is 0. The number of esters is 1. The van der Waals surface area contributed by atoms with Gasteiger partial charge in [-0.25, -0.2) is 9.78 Å². The number of H-pyrrole nitrogens is 1. The van der Waals surface area contributed by atoms with Crippen molar-refractivity contribution in [3.8, 4) is 12.3 Å². The monoisotopic (exact) mass is 354 g/mol. The van der Waals surface area contributed by atoms with Crippen LogP contribution in [0, 0.1) is 12.3 Å². The summed E-state index contributed by atoms with van der Waals surface area (Å²) in [6, 6.07) is 1.90. The number of anilines is 1. The minimum absolute atomic E-state index is 0.0270. The fraction of sp³-hybridized carbons (Fsp3) is 0.421. The molecular formula is C19H22N4O3. The van der Waals surface area contributed by atoms with Crippen molar-refractivity contribution in [3.63, 3.8) is 0 Å². The van der Waals surface area contributed by atoms with Gasteiger partial charge in [0.05, 0.1) is 18.7 Å². The number of fused-ring (bicyclic) bond motifs is 1. The van der Waals surface area contributed by atoms with Crippen molar-refractivity contribution < 1.29 is 14.3 Å². The van der Waals surface area contributed by atoms with E-state index in [4.69, 9.17) is 11.2 Å². The molecule has 2 N–H and O–H groups in total. The Labute approximate surface area is 152 Å². The van der Waals surface area contributed by atoms with Gasteiger partial charge in [-0.1, -0.05) is 5.92 Å². The quantitative estimate of drug-likeness (QED) is 0.635. The van der Waals surface area contributed by atoms with E-state index in [1.807, 2.05) is 6.07 Å². The van der Waals surface area contributed by atoms with Gasteiger partial charge in [-0.05, 0) is 25.8 Å². The fourth-order valence-electron chi connectivity index (χ4n) is 3.25. The molecule has 1 saturated heterocycles. The predicted molar refractivity (Wildman–Crippen MR) is 98.7 cm³/mol. The molecule has 26 heavy (non-hydrogen) atoms. The van der Waals surface area contributed by atoms with Gasteiger partial charge in [0.2, 0.25) is 5.91 Å². The standard InChI is InChI=1S/C19H22N4O3/c1-3-6-16(24)23-10-5-7-13(12-23)22-17-14-8-9-20-18(14)21-11-15(17)19(25)26-4-2/h1,8-9,11,13H,4-7,10,12H2,2H3,(H2,20,21,22)/t13-/m1/s1. The van der Waals surface area contributed by atoms with E-state index in [1.165, 1.54) is 6.20 Å². The molecule has 1 aliphatic rings. The van der Waals surface area contributed by atoms with Crippen LogP contribution in [-0.2, 0) is 9.53 Å². The molecule has 0 saturated carbocycles. The van der Waals surface area contributed by atoms with Crippen LogP contribution in [0.3, 0.4) is 0 Å². The molecule has 0 aromatic carbocycles. The fourth-order valence-corrected chi connectivity index (χ4v) is 3.25. The molecule has 7 heteroatoms. The minimum atomic E-state index is -0.415. The van der Waals surface area contributed by atoms with Crippen molar-refractivity contribution in [1.82, 2.24) is 14.9 Å². The lowest BCUT2D eigenvalue weighted by Gasteiger charge is -2.34. The van der Waals surface area contributed by atoms with Crippen molar-refractivity contribution in [2.24, 2.45) is 0 Å². The van der Waals surface area contributed by atoms with Gasteiger partial charge in [-0.2, -0.15) is 0 Å². The first-order chi connectivity index (χ1) is 12.6. The zero-order valence-corrected chi connectivity index (χ0v) is 14.7. The highest BCUT2D eigenvalue weighted by molar-refractivity contribution is 6.04. The minimum Gasteiger partial charge on any atom is -0.462 e. The van der Waals surface area contributed by atoms with Gasteiger partial charge in [-0.15, -0.1) is 6.42 Å². The van der Waals surface area contributed by atoms with Crippen LogP contribution < -0.4 is 5.32 Å². The smallest absolute Gasteiger partial charge is 0.341 e. The molecule has 2 aromatic rings. The molecule has 3 heterocycles. The first-order valence-electron chi connectivity index (χ1n) is 8.75. The number of terminal acetylenes is 1. The number of hydrogen-bond acceptors (Lipinski definition) is 5. The summed E-state index contributed by atoms with van der Waals surface area (Å²) < 4.78 is 5.16. The van der Waals surface area contributed by atoms with E-state index in [1.54, 1.807) is 18.0 Å². The van der Waals surface area contributed by atoms with E-state index in [0.29, 0.717) is 36.6 Å². The first kappa shape index (κ1) is 17.8. The zero-order valence-electron chi connectivity index (χ0n) is 14.7. The van der Waals surface area contributed by atoms with Crippen LogP contribution in [0.4, 0.5) is 5.69 Å². The zero-order chi connectivity index (χ0) is 18.5. The van der Waals surface area contributed by atoms with E-state index in [2.05, 4.69) is 21.2 Å². The number of piperidine rings is 1. The molecule has 0 aliphatic carbocycles. The van der Waals surface area contributed by atoms with Gasteiger partial charge in [0.25, 0.3) is 0 Å². The summed E-state index contributed by atoms with van der Waals surface area (Å²) in [5.74, 6) is 1.95. The van der Waals surface area contributed by atoms with Crippen molar-refractivity contribution in [3.05, 3.63) is 24.0 Å². The summed E-state index contributed by atoms with van der Waals surface area (Å²) in [4.78, 5) is 33.5. The van der Waals surface area contributed by atoms with Crippen LogP contribution in [0.25, 0.3) is 11.0 Å². The predicted octanol–water partition coefficient (Wildman–Crippen LogP) is 2.17. The molecule has 7 nitrogen and oxygen atoms in total. The maximum Gasteiger partial charge on any atom is 0.341 e. The third kappa shape index (κ3) is 3.64. The SMILES string of the molecule is C#CCC(=O)N1CCC[C@@H](Nc2c(C(=O)OCC)cnc3[nH]ccc23)C1. The van der Waals surface area contributed by atoms with Crippen molar-refractivity contribution in [2.75, 3.05) is 25.0 Å². The summed E-state index contributed by atoms with van der Waals surface area (Å²) >= 11 is 0. The van der Waals surface area contributed by atoms with Crippen LogP contribution >= 0.6 is 0 Å². The highest BCUT2D eigenvalue weighted by Gasteiger charge is 2.25. The van der Waals surface area contributed by atoms with E-state index >= 15 is 0 Å². The number of pyridine rings is 1. The molecule has 0 spiro atoms. The van der Waals surface area contributed by atoms with Crippen LogP contribution in [0.5, 0.6) is 0 Å². The Bertz CT molecular complexity index is 852. The number of nitrogens with one attached hydrogen (secondary N) is 2. The highest BCUT2D eigenvalue weighted by Crippen LogP contribution is 2.28. The second-order valence-corrected chi connectivity index (χ2v) is 6.21. The molecule has 2 aromatic heterocycles. The number of carbonyl (C=O) groups is 2. The van der Waals surface area contributed by atoms with E-state index in [9.17, 15) is 9.59 Å². The Morgan fingerprint density at radius 3 is 3.15 bits per heavy atom. The molecule has 1 fully saturated rings. The molecule has 0 radical (unpaired) electrons. The van der Waals surface area contributed by atoms with Gasteiger partial charge in [-0.3, -0.25) is 4.79 Å². The number of amides is 1. The Balaban J connectivity index is 1.86. The van der Waals surface area contributed by atoms with Crippen molar-refractivity contribution in [2.45, 2.75) is 32.2 Å². The Morgan fingerprint density at radius 2 is 2.38 bits per heavy atom. The topological polar surface area (TPSA) is 87.3 Å². The second-order valence-electron chi connectivity index (χ2n) is 6.21. The number of aromatic amines is 1. The van der Waals surface area contributed by atoms with Gasteiger partial charge < -0.3 is 19.9 Å². The third-order valence-electron chi connectivity index (χ3n) is 4.46. The number of carbonyl (C=O) groups excluding carboxylic acids is 2. The molecular weight excluding hydrogens is 332 g/mol. The number of aromatic nitrogens is 2. The molecule has 136 valence electrons. The first-order valence-corrected chi connectivity index (χ1v) is 8.75. The maximum atomic E-state index is 12.3. The summed E-state index contributed by atoms with van der Waals surface area (Å²) in [6.45, 7) is 3.32. The average Bonchev–Trinajstić information content (AvgIpc) is 3.12. The number of nitrogens with zero attached hydrogens (tertiary/aromatic N) is 2. The van der Waals surface area contributed by atoms with E-state index in [-0.39, 0.29) is 18.4 Å². The maximum absolute atomic E-state index is 12.3. The lowest BCUT2D eigenvalue weighted by Crippen LogP contribution is -2.45. The van der Waals surface area contributed by atoms with Crippen LogP contribution in [0.15, 0.2) is 18.5 Å². The summed E-state index contributed by atoms with van der Waals surface area (Å²) in [6.07, 6.45) is 10.4. The van der Waals surface area contributed by atoms with Gasteiger partial charge in [0.1, 0.15) is 11.2 Å². The van der Waals surface area contributed by atoms with Crippen LogP contribution in [0.2, 0.25) is 0 Å². The number of hydrogen-bond donors (Lipinski definition) is 2. The van der Waals surface area contributed by atoms with Crippen LogP contribution in [0.1, 0.15) is 36.5 Å². The molecule has 3 rings (SSSR count). The normalized spacial score (nSPS) is 16.9. The average molecular weight is 354 g/mol. The Morgan fingerprint density at radius 1 is 1.54 bits per heavy atom. The molecule has 0 bridgehead atoms. The Hall–Kier alpha value is -3.01. The van der Waals surface area contributed by atoms with Gasteiger partial charge in [0, 0.05) is 36.9 Å². The van der Waals surface area contributed by atoms with Crippen LogP contribution in [-0.4, -0.2) is 52.5 Å². The summed E-state index contributed by atoms with van der Waals surface area (Å²) in [5.41, 5.74) is 1.77. The highest BCUT2D eigenvalue weighted by atomic mass is 16.5. The lowest BCUT2D eigenvalue weighted by atomic mass is 10.0. The molecule has 0 unspecified atom stereocenters. The number of rotatable bonds is 5. The number of ether oxygens (including phenoxy) is 1. The van der Waals surface area contributed by atoms with Crippen molar-refractivity contribution >= 4 is 28.6 Å². The Kier molecular flexibility index (Phi) is 5.42. The molecule has 1 aliphatic heterocycles.